The summed E-state index contributed by atoms with van der Waals surface area (Å²) >= 11 is 0. The molecule has 45 heavy (non-hydrogen) atoms. The molecule has 0 spiro atoms. The van der Waals surface area contributed by atoms with Crippen molar-refractivity contribution in [1.29, 1.82) is 0 Å². The van der Waals surface area contributed by atoms with Crippen LogP contribution in [0, 0.1) is 5.82 Å². The molecule has 1 amide bonds. The highest BCUT2D eigenvalue weighted by Gasteiger charge is 2.35. The Morgan fingerprint density at radius 3 is 2.42 bits per heavy atom. The van der Waals surface area contributed by atoms with Crippen LogP contribution in [-0.2, 0) is 42.3 Å². The highest BCUT2D eigenvalue weighted by molar-refractivity contribution is 7.88. The van der Waals surface area contributed by atoms with Gasteiger partial charge in [0.2, 0.25) is 10.0 Å². The average molecular weight is 654 g/mol. The molecule has 0 aliphatic carbocycles. The maximum absolute atomic E-state index is 14.0. The van der Waals surface area contributed by atoms with E-state index in [9.17, 15) is 41.0 Å². The van der Waals surface area contributed by atoms with Crippen molar-refractivity contribution in [2.45, 2.75) is 57.3 Å². The molecule has 5 rings (SSSR count). The lowest BCUT2D eigenvalue weighted by Gasteiger charge is -2.31. The van der Waals surface area contributed by atoms with Crippen molar-refractivity contribution in [1.82, 2.24) is 24.3 Å². The third-order valence-corrected chi connectivity index (χ3v) is 9.46. The lowest BCUT2D eigenvalue weighted by Crippen LogP contribution is -2.41. The molecule has 3 aromatic rings. The van der Waals surface area contributed by atoms with Gasteiger partial charge in [-0.25, -0.2) is 12.8 Å². The molecule has 0 bridgehead atoms. The molecular weight excluding hydrogens is 618 g/mol. The van der Waals surface area contributed by atoms with E-state index in [2.05, 4.69) is 10.4 Å². The molecule has 0 saturated carbocycles. The summed E-state index contributed by atoms with van der Waals surface area (Å²) in [7, 11) is -3.59. The average Bonchev–Trinajstić information content (AvgIpc) is 3.33. The monoisotopic (exact) mass is 653 g/mol. The maximum Gasteiger partial charge on any atom is 0.416 e. The Bertz CT molecular complexity index is 1640. The van der Waals surface area contributed by atoms with Crippen molar-refractivity contribution >= 4 is 15.9 Å². The number of hydrogen-bond donors (Lipinski definition) is 3. The molecule has 1 unspecified atom stereocenters. The predicted octanol–water partition coefficient (Wildman–Crippen LogP) is 2.77. The minimum Gasteiger partial charge on any atom is -0.393 e. The molecule has 15 heteroatoms. The number of halogens is 4. The number of rotatable bonds is 9. The lowest BCUT2D eigenvalue weighted by molar-refractivity contribution is -0.138. The zero-order chi connectivity index (χ0) is 32.5. The maximum atomic E-state index is 14.0. The Kier molecular flexibility index (Phi) is 9.65. The number of piperidine rings is 1. The van der Waals surface area contributed by atoms with Crippen molar-refractivity contribution < 1.29 is 41.0 Å². The zero-order valence-electron chi connectivity index (χ0n) is 24.6. The second kappa shape index (κ2) is 13.2. The van der Waals surface area contributed by atoms with Gasteiger partial charge in [-0.15, -0.1) is 0 Å². The number of β-amino-alcohol motifs (C(OH)–C–C–N with tert-alkyl or cyclic N) is 1. The van der Waals surface area contributed by atoms with Gasteiger partial charge in [-0.1, -0.05) is 6.07 Å². The van der Waals surface area contributed by atoms with Gasteiger partial charge in [0.15, 0.2) is 0 Å². The molecule has 1 saturated heterocycles. The molecule has 244 valence electrons. The fourth-order valence-corrected chi connectivity index (χ4v) is 6.62. The number of hydrogen-bond acceptors (Lipinski definition) is 7. The van der Waals surface area contributed by atoms with Gasteiger partial charge in [0, 0.05) is 68.1 Å². The summed E-state index contributed by atoms with van der Waals surface area (Å²) in [5.74, 6) is -1.24. The summed E-state index contributed by atoms with van der Waals surface area (Å²) in [5.41, 5.74) is 0.671. The Morgan fingerprint density at radius 2 is 1.78 bits per heavy atom. The molecule has 2 aromatic carbocycles. The number of nitrogens with zero attached hydrogens (tertiary/aromatic N) is 4. The van der Waals surface area contributed by atoms with Gasteiger partial charge < -0.3 is 20.4 Å². The molecule has 2 aliphatic heterocycles. The van der Waals surface area contributed by atoms with Gasteiger partial charge in [-0.05, 0) is 54.8 Å². The lowest BCUT2D eigenvalue weighted by atomic mass is 9.97. The van der Waals surface area contributed by atoms with Crippen LogP contribution in [0.25, 0.3) is 11.3 Å². The number of amides is 1. The number of aliphatic hydroxyl groups excluding tert-OH is 2. The first-order valence-corrected chi connectivity index (χ1v) is 16.4. The van der Waals surface area contributed by atoms with Crippen LogP contribution in [-0.4, -0.2) is 88.2 Å². The molecule has 1 aromatic heterocycles. The fraction of sp³-hybridized carbons (Fsp3) is 0.467. The number of benzene rings is 2. The predicted molar refractivity (Wildman–Crippen MR) is 157 cm³/mol. The molecule has 10 nitrogen and oxygen atoms in total. The van der Waals surface area contributed by atoms with E-state index >= 15 is 0 Å². The Hall–Kier alpha value is -3.37. The van der Waals surface area contributed by atoms with Crippen molar-refractivity contribution in [3.8, 4) is 11.3 Å². The molecule has 1 fully saturated rings. The first kappa shape index (κ1) is 33.0. The van der Waals surface area contributed by atoms with Gasteiger partial charge in [0.05, 0.1) is 36.3 Å². The van der Waals surface area contributed by atoms with Crippen molar-refractivity contribution in [3.63, 3.8) is 0 Å². The third-order valence-electron chi connectivity index (χ3n) is 8.21. The first-order valence-electron chi connectivity index (χ1n) is 14.6. The quantitative estimate of drug-likeness (QED) is 0.303. The summed E-state index contributed by atoms with van der Waals surface area (Å²) in [6, 6.07) is 8.03. The van der Waals surface area contributed by atoms with Crippen LogP contribution in [0.2, 0.25) is 0 Å². The molecular formula is C30H35F4N5O5S. The highest BCUT2D eigenvalue weighted by atomic mass is 32.2. The smallest absolute Gasteiger partial charge is 0.393 e. The Balaban J connectivity index is 1.46. The number of likely N-dealkylation sites (tertiary alicyclic amines) is 1. The number of alkyl halides is 3. The van der Waals surface area contributed by atoms with E-state index in [4.69, 9.17) is 0 Å². The number of aliphatic hydroxyl groups is 2. The van der Waals surface area contributed by atoms with Crippen LogP contribution >= 0.6 is 0 Å². The second-order valence-corrected chi connectivity index (χ2v) is 13.5. The van der Waals surface area contributed by atoms with Gasteiger partial charge in [0.25, 0.3) is 5.91 Å². The molecule has 2 aliphatic rings. The topological polar surface area (TPSA) is 128 Å². The Labute approximate surface area is 258 Å². The van der Waals surface area contributed by atoms with Crippen LogP contribution < -0.4 is 5.32 Å². The Morgan fingerprint density at radius 1 is 1.09 bits per heavy atom. The second-order valence-electron chi connectivity index (χ2n) is 11.5. The van der Waals surface area contributed by atoms with Crippen LogP contribution in [0.15, 0.2) is 42.5 Å². The van der Waals surface area contributed by atoms with E-state index < -0.39 is 46.1 Å². The first-order chi connectivity index (χ1) is 21.2. The number of carbonyl (C=O) groups excluding carboxylic acids is 1. The number of aromatic nitrogens is 2. The summed E-state index contributed by atoms with van der Waals surface area (Å²) in [6.45, 7) is 1.35. The SMILES string of the molecule is CS(=O)(=O)N1CCc2c(c(-c3ccc(C(F)(F)F)c(CNC(=O)c4ccc(F)cc4)c3)nn2CC(O)CN2CCC(O)CC2)C1. The van der Waals surface area contributed by atoms with E-state index in [1.54, 1.807) is 4.68 Å². The van der Waals surface area contributed by atoms with Crippen LogP contribution in [0.1, 0.15) is 45.6 Å². The molecule has 0 radical (unpaired) electrons. The summed E-state index contributed by atoms with van der Waals surface area (Å²) < 4.78 is 83.0. The summed E-state index contributed by atoms with van der Waals surface area (Å²) in [5, 5.41) is 27.8. The number of fused-ring (bicyclic) bond motifs is 1. The van der Waals surface area contributed by atoms with Crippen molar-refractivity contribution in [2.24, 2.45) is 0 Å². The number of nitrogens with one attached hydrogen (secondary N) is 1. The van der Waals surface area contributed by atoms with E-state index in [0.717, 1.165) is 24.5 Å². The third kappa shape index (κ3) is 7.90. The fourth-order valence-electron chi connectivity index (χ4n) is 5.83. The van der Waals surface area contributed by atoms with Crippen molar-refractivity contribution in [3.05, 3.63) is 76.2 Å². The van der Waals surface area contributed by atoms with E-state index in [0.29, 0.717) is 55.7 Å². The van der Waals surface area contributed by atoms with E-state index in [-0.39, 0.29) is 42.6 Å². The van der Waals surface area contributed by atoms with Gasteiger partial charge in [-0.2, -0.15) is 22.6 Å². The standard InChI is InChI=1S/C30H35F4N5O5S/c1-45(43,44)38-13-10-27-25(18-38)28(36-39(27)17-24(41)16-37-11-8-23(40)9-12-37)20-4-7-26(30(32,33)34)21(14-20)15-35-29(42)19-2-5-22(31)6-3-19/h2-7,14,23-24,40-41H,8-13,15-18H2,1H3,(H,35,42). The number of carbonyl (C=O) groups is 1. The molecule has 3 N–H and O–H groups in total. The van der Waals surface area contributed by atoms with Crippen LogP contribution in [0.5, 0.6) is 0 Å². The zero-order valence-corrected chi connectivity index (χ0v) is 25.4. The largest absolute Gasteiger partial charge is 0.416 e. The minimum atomic E-state index is -4.73. The van der Waals surface area contributed by atoms with Gasteiger partial charge in [0.1, 0.15) is 5.82 Å². The van der Waals surface area contributed by atoms with Crippen LogP contribution in [0.3, 0.4) is 0 Å². The number of sulfonamides is 1. The van der Waals surface area contributed by atoms with Crippen LogP contribution in [0.4, 0.5) is 17.6 Å². The van der Waals surface area contributed by atoms with E-state index in [1.165, 1.54) is 28.6 Å². The van der Waals surface area contributed by atoms with Gasteiger partial charge >= 0.3 is 6.18 Å². The highest BCUT2D eigenvalue weighted by Crippen LogP contribution is 2.37. The van der Waals surface area contributed by atoms with E-state index in [1.807, 2.05) is 4.90 Å². The van der Waals surface area contributed by atoms with Gasteiger partial charge in [-0.3, -0.25) is 9.48 Å². The summed E-state index contributed by atoms with van der Waals surface area (Å²) in [4.78, 5) is 14.6. The molecule has 1 atom stereocenters. The minimum absolute atomic E-state index is 0.0404. The normalized spacial score (nSPS) is 17.7. The van der Waals surface area contributed by atoms with Crippen molar-refractivity contribution in [2.75, 3.05) is 32.4 Å². The summed E-state index contributed by atoms with van der Waals surface area (Å²) in [6.07, 6.45) is -3.33. The molecule has 3 heterocycles.